The molecule has 1 amide bonds. The first kappa shape index (κ1) is 14.3. The molecule has 0 aromatic carbocycles. The van der Waals surface area contributed by atoms with E-state index >= 15 is 0 Å². The minimum Gasteiger partial charge on any atom is -0.316 e. The van der Waals surface area contributed by atoms with Crippen LogP contribution >= 0.6 is 11.3 Å². The van der Waals surface area contributed by atoms with Gasteiger partial charge in [-0.25, -0.2) is 0 Å². The molecule has 3 aliphatic carbocycles. The van der Waals surface area contributed by atoms with Crippen LogP contribution in [0.25, 0.3) is 0 Å². The summed E-state index contributed by atoms with van der Waals surface area (Å²) in [5.41, 5.74) is 1.94. The van der Waals surface area contributed by atoms with Crippen LogP contribution in [-0.2, 0) is 17.6 Å². The van der Waals surface area contributed by atoms with Crippen molar-refractivity contribution in [2.45, 2.75) is 51.9 Å². The monoisotopic (exact) mass is 314 g/mol. The highest BCUT2D eigenvalue weighted by Crippen LogP contribution is 2.49. The number of thiophene rings is 1. The van der Waals surface area contributed by atoms with Crippen LogP contribution in [0.2, 0.25) is 0 Å². The average molecular weight is 314 g/mol. The summed E-state index contributed by atoms with van der Waals surface area (Å²) in [6.45, 7) is 2.27. The minimum absolute atomic E-state index is 0.162. The highest BCUT2D eigenvalue weighted by molar-refractivity contribution is 7.16. The molecule has 0 spiro atoms. The second-order valence-electron chi connectivity index (χ2n) is 7.44. The van der Waals surface area contributed by atoms with Gasteiger partial charge in [0.05, 0.1) is 5.56 Å². The topological polar surface area (TPSA) is 52.9 Å². The van der Waals surface area contributed by atoms with Gasteiger partial charge in [-0.3, -0.25) is 4.79 Å². The molecule has 2 saturated carbocycles. The summed E-state index contributed by atoms with van der Waals surface area (Å²) in [6, 6.07) is 2.34. The molecular weight excluding hydrogens is 292 g/mol. The lowest BCUT2D eigenvalue weighted by Gasteiger charge is -2.20. The van der Waals surface area contributed by atoms with Gasteiger partial charge in [0.15, 0.2) is 0 Å². The number of nitrogens with one attached hydrogen (secondary N) is 1. The molecule has 3 aliphatic rings. The quantitative estimate of drug-likeness (QED) is 0.892. The maximum absolute atomic E-state index is 12.6. The molecule has 4 heteroatoms. The SMILES string of the molecule is C[C@H]1CCc2c(sc(NC(=O)[C@@H]3C[C@@H]4CC[C@@H]3C4)c2C#N)C1. The van der Waals surface area contributed by atoms with E-state index in [1.165, 1.54) is 29.7 Å². The summed E-state index contributed by atoms with van der Waals surface area (Å²) in [4.78, 5) is 14.0. The zero-order valence-corrected chi connectivity index (χ0v) is 13.8. The van der Waals surface area contributed by atoms with E-state index in [0.717, 1.165) is 42.2 Å². The molecule has 3 nitrogen and oxygen atoms in total. The van der Waals surface area contributed by atoms with E-state index in [-0.39, 0.29) is 11.8 Å². The summed E-state index contributed by atoms with van der Waals surface area (Å²) < 4.78 is 0. The third-order valence-corrected chi connectivity index (χ3v) is 7.10. The van der Waals surface area contributed by atoms with E-state index in [9.17, 15) is 10.1 Å². The van der Waals surface area contributed by atoms with Crippen molar-refractivity contribution in [3.05, 3.63) is 16.0 Å². The lowest BCUT2D eigenvalue weighted by Crippen LogP contribution is -2.27. The molecule has 116 valence electrons. The Morgan fingerprint density at radius 3 is 2.86 bits per heavy atom. The molecule has 22 heavy (non-hydrogen) atoms. The Labute approximate surface area is 135 Å². The third kappa shape index (κ3) is 2.27. The molecule has 1 aromatic rings. The summed E-state index contributed by atoms with van der Waals surface area (Å²) >= 11 is 1.64. The second-order valence-corrected chi connectivity index (χ2v) is 8.54. The Bertz CT molecular complexity index is 657. The summed E-state index contributed by atoms with van der Waals surface area (Å²) in [6.07, 6.45) is 8.01. The zero-order valence-electron chi connectivity index (χ0n) is 13.0. The van der Waals surface area contributed by atoms with Crippen LogP contribution in [0.5, 0.6) is 0 Å². The van der Waals surface area contributed by atoms with E-state index in [2.05, 4.69) is 18.3 Å². The van der Waals surface area contributed by atoms with E-state index in [1.54, 1.807) is 11.3 Å². The number of nitriles is 1. The molecule has 1 aromatic heterocycles. The molecule has 2 fully saturated rings. The number of hydrogen-bond acceptors (Lipinski definition) is 3. The van der Waals surface area contributed by atoms with Gasteiger partial charge in [-0.2, -0.15) is 5.26 Å². The molecule has 2 bridgehead atoms. The molecule has 1 N–H and O–H groups in total. The fourth-order valence-electron chi connectivity index (χ4n) is 4.73. The Kier molecular flexibility index (Phi) is 3.49. The molecule has 4 atom stereocenters. The van der Waals surface area contributed by atoms with E-state index < -0.39 is 0 Å². The first-order valence-electron chi connectivity index (χ1n) is 8.51. The average Bonchev–Trinajstić information content (AvgIpc) is 3.19. The van der Waals surface area contributed by atoms with Crippen LogP contribution in [0, 0.1) is 35.0 Å². The van der Waals surface area contributed by atoms with E-state index in [0.29, 0.717) is 11.8 Å². The molecule has 4 rings (SSSR count). The van der Waals surface area contributed by atoms with Crippen LogP contribution in [0.1, 0.15) is 55.0 Å². The van der Waals surface area contributed by atoms with Crippen molar-refractivity contribution >= 4 is 22.2 Å². The van der Waals surface area contributed by atoms with Gasteiger partial charge in [-0.15, -0.1) is 11.3 Å². The molecular formula is C18H22N2OS. The highest BCUT2D eigenvalue weighted by Gasteiger charge is 2.43. The smallest absolute Gasteiger partial charge is 0.228 e. The standard InChI is InChI=1S/C18H22N2OS/c1-10-2-5-13-15(9-19)18(22-16(13)6-10)20-17(21)14-8-11-3-4-12(14)7-11/h10-12,14H,2-8H2,1H3,(H,20,21)/t10-,11+,12+,14+/m0/s1. The summed E-state index contributed by atoms with van der Waals surface area (Å²) in [5.74, 6) is 2.39. The fraction of sp³-hybridized carbons (Fsp3) is 0.667. The number of carbonyl (C=O) groups is 1. The Morgan fingerprint density at radius 1 is 1.32 bits per heavy atom. The zero-order chi connectivity index (χ0) is 15.3. The van der Waals surface area contributed by atoms with Crippen LogP contribution in [0.3, 0.4) is 0 Å². The molecule has 0 saturated heterocycles. The van der Waals surface area contributed by atoms with Crippen LogP contribution in [0.15, 0.2) is 0 Å². The maximum Gasteiger partial charge on any atom is 0.228 e. The molecule has 0 radical (unpaired) electrons. The number of carbonyl (C=O) groups excluding carboxylic acids is 1. The van der Waals surface area contributed by atoms with Gasteiger partial charge in [0.1, 0.15) is 11.1 Å². The lowest BCUT2D eigenvalue weighted by molar-refractivity contribution is -0.121. The van der Waals surface area contributed by atoms with E-state index in [4.69, 9.17) is 0 Å². The summed E-state index contributed by atoms with van der Waals surface area (Å²) in [7, 11) is 0. The van der Waals surface area contributed by atoms with Crippen LogP contribution in [-0.4, -0.2) is 5.91 Å². The molecule has 0 unspecified atom stereocenters. The second kappa shape index (κ2) is 5.38. The van der Waals surface area contributed by atoms with Gasteiger partial charge < -0.3 is 5.32 Å². The lowest BCUT2D eigenvalue weighted by atomic mass is 9.88. The van der Waals surface area contributed by atoms with Gasteiger partial charge in [0, 0.05) is 10.8 Å². The first-order valence-corrected chi connectivity index (χ1v) is 9.32. The van der Waals surface area contributed by atoms with Crippen molar-refractivity contribution in [3.8, 4) is 6.07 Å². The highest BCUT2D eigenvalue weighted by atomic mass is 32.1. The van der Waals surface area contributed by atoms with Crippen LogP contribution in [0.4, 0.5) is 5.00 Å². The van der Waals surface area contributed by atoms with Crippen molar-refractivity contribution < 1.29 is 4.79 Å². The number of amides is 1. The van der Waals surface area contributed by atoms with Gasteiger partial charge in [-0.1, -0.05) is 13.3 Å². The van der Waals surface area contributed by atoms with Crippen molar-refractivity contribution in [1.29, 1.82) is 5.26 Å². The van der Waals surface area contributed by atoms with Gasteiger partial charge in [0.2, 0.25) is 5.91 Å². The number of rotatable bonds is 2. The predicted molar refractivity (Wildman–Crippen MR) is 87.8 cm³/mol. The summed E-state index contributed by atoms with van der Waals surface area (Å²) in [5, 5.41) is 13.4. The Hall–Kier alpha value is -1.34. The normalized spacial score (nSPS) is 32.5. The largest absolute Gasteiger partial charge is 0.316 e. The van der Waals surface area contributed by atoms with Crippen molar-refractivity contribution in [1.82, 2.24) is 0 Å². The number of nitrogens with zero attached hydrogens (tertiary/aromatic N) is 1. The van der Waals surface area contributed by atoms with E-state index in [1.807, 2.05) is 0 Å². The van der Waals surface area contributed by atoms with Gasteiger partial charge in [0.25, 0.3) is 0 Å². The predicted octanol–water partition coefficient (Wildman–Crippen LogP) is 4.12. The number of hydrogen-bond donors (Lipinski definition) is 1. The van der Waals surface area contributed by atoms with Crippen molar-refractivity contribution in [2.24, 2.45) is 23.7 Å². The molecule has 1 heterocycles. The molecule has 0 aliphatic heterocycles. The number of fused-ring (bicyclic) bond motifs is 3. The van der Waals surface area contributed by atoms with Gasteiger partial charge in [-0.05, 0) is 61.8 Å². The van der Waals surface area contributed by atoms with Crippen molar-refractivity contribution in [3.63, 3.8) is 0 Å². The van der Waals surface area contributed by atoms with Crippen LogP contribution < -0.4 is 5.32 Å². The number of anilines is 1. The Morgan fingerprint density at radius 2 is 2.18 bits per heavy atom. The maximum atomic E-state index is 12.6. The van der Waals surface area contributed by atoms with Crippen molar-refractivity contribution in [2.75, 3.05) is 5.32 Å². The fourth-order valence-corrected chi connectivity index (χ4v) is 6.09. The van der Waals surface area contributed by atoms with Gasteiger partial charge >= 0.3 is 0 Å². The first-order chi connectivity index (χ1) is 10.7. The minimum atomic E-state index is 0.162. The Balaban J connectivity index is 1.56. The third-order valence-electron chi connectivity index (χ3n) is 5.94.